The SMILES string of the molecule is CSNC(=O)Cc1cc(C)c(Oc2ccc(O)cc2)c(C)c1. The van der Waals surface area contributed by atoms with Crippen LogP contribution in [0.3, 0.4) is 0 Å². The van der Waals surface area contributed by atoms with Gasteiger partial charge in [-0.2, -0.15) is 0 Å². The molecule has 0 saturated heterocycles. The lowest BCUT2D eigenvalue weighted by molar-refractivity contribution is -0.118. The fraction of sp³-hybridized carbons (Fsp3) is 0.235. The molecule has 0 heterocycles. The molecule has 2 aromatic carbocycles. The minimum Gasteiger partial charge on any atom is -0.508 e. The third-order valence-corrected chi connectivity index (χ3v) is 3.59. The van der Waals surface area contributed by atoms with Gasteiger partial charge in [-0.05, 0) is 54.8 Å². The Labute approximate surface area is 134 Å². The molecule has 0 aliphatic heterocycles. The number of ether oxygens (including phenoxy) is 1. The van der Waals surface area contributed by atoms with Crippen molar-refractivity contribution in [3.8, 4) is 17.2 Å². The summed E-state index contributed by atoms with van der Waals surface area (Å²) in [5.74, 6) is 1.63. The number of phenols is 1. The second-order valence-corrected chi connectivity index (χ2v) is 5.67. The van der Waals surface area contributed by atoms with Crippen LogP contribution in [0.5, 0.6) is 17.2 Å². The molecule has 0 aromatic heterocycles. The van der Waals surface area contributed by atoms with Gasteiger partial charge in [0.05, 0.1) is 6.42 Å². The predicted molar refractivity (Wildman–Crippen MR) is 89.5 cm³/mol. The van der Waals surface area contributed by atoms with Crippen LogP contribution in [0.2, 0.25) is 0 Å². The molecule has 0 fully saturated rings. The normalized spacial score (nSPS) is 10.3. The molecule has 116 valence electrons. The highest BCUT2D eigenvalue weighted by molar-refractivity contribution is 7.97. The number of carbonyl (C=O) groups excluding carboxylic acids is 1. The van der Waals surface area contributed by atoms with Gasteiger partial charge >= 0.3 is 0 Å². The van der Waals surface area contributed by atoms with Gasteiger partial charge in [-0.15, -0.1) is 0 Å². The summed E-state index contributed by atoms with van der Waals surface area (Å²) in [5.41, 5.74) is 2.90. The van der Waals surface area contributed by atoms with Gasteiger partial charge in [0.15, 0.2) is 0 Å². The fourth-order valence-corrected chi connectivity index (χ4v) is 2.57. The topological polar surface area (TPSA) is 58.6 Å². The largest absolute Gasteiger partial charge is 0.508 e. The Kier molecular flexibility index (Phi) is 5.33. The monoisotopic (exact) mass is 317 g/mol. The van der Waals surface area contributed by atoms with Crippen molar-refractivity contribution in [2.24, 2.45) is 0 Å². The molecule has 0 bridgehead atoms. The first-order chi connectivity index (χ1) is 10.5. The second-order valence-electron chi connectivity index (χ2n) is 5.06. The minimum atomic E-state index is -0.0153. The molecule has 0 saturated carbocycles. The molecule has 5 heteroatoms. The highest BCUT2D eigenvalue weighted by Gasteiger charge is 2.10. The van der Waals surface area contributed by atoms with Crippen molar-refractivity contribution >= 4 is 17.9 Å². The van der Waals surface area contributed by atoms with E-state index in [2.05, 4.69) is 4.72 Å². The van der Waals surface area contributed by atoms with Gasteiger partial charge in [-0.3, -0.25) is 4.79 Å². The van der Waals surface area contributed by atoms with Crippen molar-refractivity contribution in [1.82, 2.24) is 4.72 Å². The summed E-state index contributed by atoms with van der Waals surface area (Å²) < 4.78 is 8.60. The molecule has 0 aliphatic rings. The number of hydrogen-bond acceptors (Lipinski definition) is 4. The summed E-state index contributed by atoms with van der Waals surface area (Å²) in [6.45, 7) is 3.91. The summed E-state index contributed by atoms with van der Waals surface area (Å²) in [4.78, 5) is 11.7. The number of aromatic hydroxyl groups is 1. The lowest BCUT2D eigenvalue weighted by Gasteiger charge is -2.14. The van der Waals surface area contributed by atoms with Crippen LogP contribution in [0.25, 0.3) is 0 Å². The standard InChI is InChI=1S/C17H19NO3S/c1-11-8-13(10-16(20)18-22-3)9-12(2)17(11)21-15-6-4-14(19)5-7-15/h4-9,19H,10H2,1-3H3,(H,18,20). The number of amides is 1. The predicted octanol–water partition coefficient (Wildman–Crippen LogP) is 3.74. The Morgan fingerprint density at radius 2 is 1.77 bits per heavy atom. The molecule has 4 nitrogen and oxygen atoms in total. The molecular weight excluding hydrogens is 298 g/mol. The first kappa shape index (κ1) is 16.2. The summed E-state index contributed by atoms with van der Waals surface area (Å²) in [6, 6.07) is 10.5. The van der Waals surface area contributed by atoms with Crippen LogP contribution < -0.4 is 9.46 Å². The third-order valence-electron chi connectivity index (χ3n) is 3.16. The fourth-order valence-electron chi connectivity index (χ4n) is 2.27. The van der Waals surface area contributed by atoms with Gasteiger partial charge in [0.2, 0.25) is 5.91 Å². The van der Waals surface area contributed by atoms with Crippen LogP contribution >= 0.6 is 11.9 Å². The van der Waals surface area contributed by atoms with Gasteiger partial charge in [0, 0.05) is 6.26 Å². The number of phenolic OH excluding ortho intramolecular Hbond substituents is 1. The molecule has 22 heavy (non-hydrogen) atoms. The first-order valence-electron chi connectivity index (χ1n) is 6.88. The third kappa shape index (κ3) is 4.18. The summed E-state index contributed by atoms with van der Waals surface area (Å²) in [5, 5.41) is 9.30. The van der Waals surface area contributed by atoms with E-state index in [0.717, 1.165) is 22.4 Å². The number of nitrogens with one attached hydrogen (secondary N) is 1. The number of benzene rings is 2. The van der Waals surface area contributed by atoms with E-state index in [0.29, 0.717) is 12.2 Å². The lowest BCUT2D eigenvalue weighted by Crippen LogP contribution is -2.17. The van der Waals surface area contributed by atoms with Crippen LogP contribution in [-0.4, -0.2) is 17.3 Å². The van der Waals surface area contributed by atoms with E-state index in [9.17, 15) is 9.90 Å². The minimum absolute atomic E-state index is 0.0153. The Hall–Kier alpha value is -2.14. The van der Waals surface area contributed by atoms with E-state index in [-0.39, 0.29) is 11.7 Å². The Morgan fingerprint density at radius 1 is 1.18 bits per heavy atom. The average Bonchev–Trinajstić information content (AvgIpc) is 2.45. The van der Waals surface area contributed by atoms with Crippen molar-refractivity contribution in [1.29, 1.82) is 0 Å². The molecule has 0 radical (unpaired) electrons. The highest BCUT2D eigenvalue weighted by atomic mass is 32.2. The lowest BCUT2D eigenvalue weighted by atomic mass is 10.0. The van der Waals surface area contributed by atoms with Crippen LogP contribution in [-0.2, 0) is 11.2 Å². The van der Waals surface area contributed by atoms with Crippen LogP contribution in [0.4, 0.5) is 0 Å². The Balaban J connectivity index is 2.19. The van der Waals surface area contributed by atoms with Crippen LogP contribution in [0, 0.1) is 13.8 Å². The van der Waals surface area contributed by atoms with E-state index in [1.54, 1.807) is 24.3 Å². The van der Waals surface area contributed by atoms with Gasteiger partial charge < -0.3 is 14.6 Å². The highest BCUT2D eigenvalue weighted by Crippen LogP contribution is 2.30. The van der Waals surface area contributed by atoms with Crippen molar-refractivity contribution in [2.45, 2.75) is 20.3 Å². The molecule has 2 N–H and O–H groups in total. The number of carbonyl (C=O) groups is 1. The van der Waals surface area contributed by atoms with Gasteiger partial charge in [-0.1, -0.05) is 24.1 Å². The molecule has 0 unspecified atom stereocenters. The van der Waals surface area contributed by atoms with E-state index in [1.165, 1.54) is 11.9 Å². The maximum Gasteiger partial charge on any atom is 0.234 e. The summed E-state index contributed by atoms with van der Waals surface area (Å²) in [6.07, 6.45) is 2.17. The van der Waals surface area contributed by atoms with Crippen LogP contribution in [0.1, 0.15) is 16.7 Å². The second kappa shape index (κ2) is 7.22. The quantitative estimate of drug-likeness (QED) is 0.825. The van der Waals surface area contributed by atoms with Crippen molar-refractivity contribution < 1.29 is 14.6 Å². The summed E-state index contributed by atoms with van der Waals surface area (Å²) in [7, 11) is 0. The number of aryl methyl sites for hydroxylation is 2. The Morgan fingerprint density at radius 3 is 2.32 bits per heavy atom. The van der Waals surface area contributed by atoms with Gasteiger partial charge in [-0.25, -0.2) is 0 Å². The van der Waals surface area contributed by atoms with Gasteiger partial charge in [0.25, 0.3) is 0 Å². The van der Waals surface area contributed by atoms with E-state index >= 15 is 0 Å². The molecule has 0 spiro atoms. The maximum absolute atomic E-state index is 11.7. The zero-order chi connectivity index (χ0) is 16.1. The van der Waals surface area contributed by atoms with Crippen molar-refractivity contribution in [3.63, 3.8) is 0 Å². The van der Waals surface area contributed by atoms with Gasteiger partial charge in [0.1, 0.15) is 17.2 Å². The Bertz CT molecular complexity index is 645. The molecule has 0 atom stereocenters. The number of hydrogen-bond donors (Lipinski definition) is 2. The van der Waals surface area contributed by atoms with Crippen molar-refractivity contribution in [3.05, 3.63) is 53.1 Å². The zero-order valence-electron chi connectivity index (χ0n) is 12.8. The molecule has 2 rings (SSSR count). The van der Waals surface area contributed by atoms with E-state index in [1.807, 2.05) is 32.2 Å². The van der Waals surface area contributed by atoms with Crippen LogP contribution in [0.15, 0.2) is 36.4 Å². The molecule has 2 aromatic rings. The van der Waals surface area contributed by atoms with E-state index < -0.39 is 0 Å². The molecule has 0 aliphatic carbocycles. The smallest absolute Gasteiger partial charge is 0.234 e. The summed E-state index contributed by atoms with van der Waals surface area (Å²) >= 11 is 1.30. The average molecular weight is 317 g/mol. The molecular formula is C17H19NO3S. The zero-order valence-corrected chi connectivity index (χ0v) is 13.7. The first-order valence-corrected chi connectivity index (χ1v) is 8.11. The maximum atomic E-state index is 11.7. The van der Waals surface area contributed by atoms with Crippen molar-refractivity contribution in [2.75, 3.05) is 6.26 Å². The number of rotatable bonds is 5. The van der Waals surface area contributed by atoms with E-state index in [4.69, 9.17) is 4.74 Å². The molecule has 1 amide bonds.